The molecule has 0 fully saturated rings. The second-order valence-electron chi connectivity index (χ2n) is 6.47. The Balaban J connectivity index is 1.85. The molecule has 0 aliphatic carbocycles. The van der Waals surface area contributed by atoms with E-state index in [0.717, 1.165) is 29.6 Å². The van der Waals surface area contributed by atoms with Gasteiger partial charge in [0.05, 0.1) is 0 Å². The summed E-state index contributed by atoms with van der Waals surface area (Å²) in [4.78, 5) is 9.33. The number of aryl methyl sites for hydroxylation is 1. The lowest BCUT2D eigenvalue weighted by molar-refractivity contribution is 0.887. The molecule has 0 aliphatic rings. The zero-order valence-corrected chi connectivity index (χ0v) is 15.0. The molecule has 3 rings (SSSR count). The molecule has 0 amide bonds. The third-order valence-electron chi connectivity index (χ3n) is 3.79. The number of aromatic nitrogens is 2. The van der Waals surface area contributed by atoms with Crippen LogP contribution in [-0.2, 0) is 6.54 Å². The molecule has 0 saturated carbocycles. The molecule has 0 unspecified atom stereocenters. The van der Waals surface area contributed by atoms with E-state index in [0.29, 0.717) is 6.04 Å². The highest BCUT2D eigenvalue weighted by Gasteiger charge is 2.08. The van der Waals surface area contributed by atoms with Crippen molar-refractivity contribution < 1.29 is 0 Å². The second-order valence-corrected chi connectivity index (χ2v) is 6.47. The standard InChI is InChI=1S/C21H24N4/c1-15(2)23-20-13-19(22-14-17-11-9-16(3)10-12-17)24-21(25-20)18-7-5-4-6-8-18/h4-13,15H,14H2,1-3H3,(H2,22,23,24,25). The summed E-state index contributed by atoms with van der Waals surface area (Å²) in [6.07, 6.45) is 0. The first-order valence-corrected chi connectivity index (χ1v) is 8.60. The Morgan fingerprint density at radius 1 is 0.880 bits per heavy atom. The van der Waals surface area contributed by atoms with Crippen LogP contribution in [0.3, 0.4) is 0 Å². The van der Waals surface area contributed by atoms with E-state index in [1.807, 2.05) is 36.4 Å². The van der Waals surface area contributed by atoms with E-state index in [2.05, 4.69) is 65.6 Å². The summed E-state index contributed by atoms with van der Waals surface area (Å²) in [6.45, 7) is 7.03. The van der Waals surface area contributed by atoms with Gasteiger partial charge in [-0.25, -0.2) is 9.97 Å². The van der Waals surface area contributed by atoms with Crippen molar-refractivity contribution >= 4 is 11.6 Å². The molecule has 4 heteroatoms. The van der Waals surface area contributed by atoms with Gasteiger partial charge in [0.15, 0.2) is 5.82 Å². The van der Waals surface area contributed by atoms with Crippen molar-refractivity contribution in [2.24, 2.45) is 0 Å². The van der Waals surface area contributed by atoms with Gasteiger partial charge in [-0.15, -0.1) is 0 Å². The van der Waals surface area contributed by atoms with Crippen LogP contribution in [0, 0.1) is 6.92 Å². The van der Waals surface area contributed by atoms with E-state index in [9.17, 15) is 0 Å². The number of anilines is 2. The molecule has 0 bridgehead atoms. The predicted molar refractivity (Wildman–Crippen MR) is 105 cm³/mol. The van der Waals surface area contributed by atoms with Crippen molar-refractivity contribution in [2.75, 3.05) is 10.6 Å². The molecule has 0 radical (unpaired) electrons. The van der Waals surface area contributed by atoms with Gasteiger partial charge in [0.2, 0.25) is 0 Å². The molecular weight excluding hydrogens is 308 g/mol. The smallest absolute Gasteiger partial charge is 0.163 e. The van der Waals surface area contributed by atoms with E-state index >= 15 is 0 Å². The normalized spacial score (nSPS) is 10.7. The first-order valence-electron chi connectivity index (χ1n) is 8.60. The molecule has 0 atom stereocenters. The minimum Gasteiger partial charge on any atom is -0.368 e. The van der Waals surface area contributed by atoms with Crippen molar-refractivity contribution in [2.45, 2.75) is 33.4 Å². The highest BCUT2D eigenvalue weighted by molar-refractivity contribution is 5.61. The highest BCUT2D eigenvalue weighted by atomic mass is 15.1. The molecule has 0 spiro atoms. The quantitative estimate of drug-likeness (QED) is 0.675. The van der Waals surface area contributed by atoms with E-state index in [1.165, 1.54) is 11.1 Å². The Bertz CT molecular complexity index is 811. The zero-order chi connectivity index (χ0) is 17.6. The van der Waals surface area contributed by atoms with Gasteiger partial charge < -0.3 is 10.6 Å². The molecule has 128 valence electrons. The van der Waals surface area contributed by atoms with Gasteiger partial charge in [0, 0.05) is 24.2 Å². The summed E-state index contributed by atoms with van der Waals surface area (Å²) < 4.78 is 0. The third-order valence-corrected chi connectivity index (χ3v) is 3.79. The largest absolute Gasteiger partial charge is 0.368 e. The number of nitrogens with zero attached hydrogens (tertiary/aromatic N) is 2. The van der Waals surface area contributed by atoms with Crippen LogP contribution in [0.1, 0.15) is 25.0 Å². The lowest BCUT2D eigenvalue weighted by atomic mass is 10.1. The minimum atomic E-state index is 0.309. The summed E-state index contributed by atoms with van der Waals surface area (Å²) in [7, 11) is 0. The molecule has 3 aromatic rings. The Hall–Kier alpha value is -2.88. The van der Waals surface area contributed by atoms with Crippen LogP contribution in [0.5, 0.6) is 0 Å². The first kappa shape index (κ1) is 17.0. The zero-order valence-electron chi connectivity index (χ0n) is 15.0. The van der Waals surface area contributed by atoms with Gasteiger partial charge >= 0.3 is 0 Å². The summed E-state index contributed by atoms with van der Waals surface area (Å²) in [5, 5.41) is 6.78. The fourth-order valence-corrected chi connectivity index (χ4v) is 2.52. The average Bonchev–Trinajstić information content (AvgIpc) is 2.61. The fourth-order valence-electron chi connectivity index (χ4n) is 2.52. The van der Waals surface area contributed by atoms with Crippen LogP contribution in [0.15, 0.2) is 60.7 Å². The van der Waals surface area contributed by atoms with Gasteiger partial charge in [0.1, 0.15) is 11.6 Å². The molecule has 25 heavy (non-hydrogen) atoms. The Morgan fingerprint density at radius 2 is 1.56 bits per heavy atom. The maximum atomic E-state index is 4.68. The average molecular weight is 332 g/mol. The van der Waals surface area contributed by atoms with Crippen LogP contribution < -0.4 is 10.6 Å². The maximum absolute atomic E-state index is 4.68. The Kier molecular flexibility index (Phi) is 5.29. The second kappa shape index (κ2) is 7.79. The predicted octanol–water partition coefficient (Wildman–Crippen LogP) is 4.88. The number of benzene rings is 2. The molecule has 1 heterocycles. The number of hydrogen-bond donors (Lipinski definition) is 2. The SMILES string of the molecule is Cc1ccc(CNc2cc(NC(C)C)nc(-c3ccccc3)n2)cc1. The minimum absolute atomic E-state index is 0.309. The van der Waals surface area contributed by atoms with Crippen molar-refractivity contribution in [3.05, 3.63) is 71.8 Å². The molecule has 1 aromatic heterocycles. The van der Waals surface area contributed by atoms with Crippen LogP contribution in [0.25, 0.3) is 11.4 Å². The topological polar surface area (TPSA) is 49.8 Å². The van der Waals surface area contributed by atoms with E-state index in [4.69, 9.17) is 0 Å². The molecule has 4 nitrogen and oxygen atoms in total. The molecule has 2 aromatic carbocycles. The maximum Gasteiger partial charge on any atom is 0.163 e. The summed E-state index contributed by atoms with van der Waals surface area (Å²) in [6, 6.07) is 20.8. The van der Waals surface area contributed by atoms with Gasteiger partial charge in [-0.05, 0) is 26.3 Å². The van der Waals surface area contributed by atoms with Crippen LogP contribution in [-0.4, -0.2) is 16.0 Å². The van der Waals surface area contributed by atoms with Gasteiger partial charge in [-0.3, -0.25) is 0 Å². The number of nitrogens with one attached hydrogen (secondary N) is 2. The summed E-state index contributed by atoms with van der Waals surface area (Å²) in [5.41, 5.74) is 3.50. The van der Waals surface area contributed by atoms with Gasteiger partial charge in [-0.1, -0.05) is 60.2 Å². The van der Waals surface area contributed by atoms with Crippen molar-refractivity contribution in [3.63, 3.8) is 0 Å². The van der Waals surface area contributed by atoms with E-state index in [-0.39, 0.29) is 0 Å². The van der Waals surface area contributed by atoms with Crippen LogP contribution in [0.2, 0.25) is 0 Å². The van der Waals surface area contributed by atoms with E-state index < -0.39 is 0 Å². The van der Waals surface area contributed by atoms with Crippen LogP contribution >= 0.6 is 0 Å². The molecular formula is C21H24N4. The van der Waals surface area contributed by atoms with Crippen molar-refractivity contribution in [1.82, 2.24) is 9.97 Å². The number of rotatable bonds is 6. The highest BCUT2D eigenvalue weighted by Crippen LogP contribution is 2.21. The molecule has 0 aliphatic heterocycles. The van der Waals surface area contributed by atoms with Crippen molar-refractivity contribution in [3.8, 4) is 11.4 Å². The van der Waals surface area contributed by atoms with Gasteiger partial charge in [0.25, 0.3) is 0 Å². The fraction of sp³-hybridized carbons (Fsp3) is 0.238. The molecule has 2 N–H and O–H groups in total. The Morgan fingerprint density at radius 3 is 2.24 bits per heavy atom. The van der Waals surface area contributed by atoms with Crippen molar-refractivity contribution in [1.29, 1.82) is 0 Å². The monoisotopic (exact) mass is 332 g/mol. The number of hydrogen-bond acceptors (Lipinski definition) is 4. The summed E-state index contributed by atoms with van der Waals surface area (Å²) in [5.74, 6) is 2.37. The molecule has 0 saturated heterocycles. The lowest BCUT2D eigenvalue weighted by Gasteiger charge is -2.13. The third kappa shape index (κ3) is 4.80. The summed E-state index contributed by atoms with van der Waals surface area (Å²) >= 11 is 0. The van der Waals surface area contributed by atoms with Gasteiger partial charge in [-0.2, -0.15) is 0 Å². The first-order chi connectivity index (χ1) is 12.1. The van der Waals surface area contributed by atoms with Crippen LogP contribution in [0.4, 0.5) is 11.6 Å². The Labute approximate surface area is 149 Å². The lowest BCUT2D eigenvalue weighted by Crippen LogP contribution is -2.13. The van der Waals surface area contributed by atoms with E-state index in [1.54, 1.807) is 0 Å².